The number of nitrogens with zero attached hydrogens (tertiary/aromatic N) is 2. The molecular formula is C12H13ClF2N2O3S. The van der Waals surface area contributed by atoms with E-state index in [1.54, 1.807) is 0 Å². The lowest BCUT2D eigenvalue weighted by Crippen LogP contribution is -2.71. The number of ether oxygens (including phenoxy) is 1. The third kappa shape index (κ3) is 2.54. The van der Waals surface area contributed by atoms with Gasteiger partial charge in [0.15, 0.2) is 5.01 Å². The number of hydrogen-bond acceptors (Lipinski definition) is 5. The van der Waals surface area contributed by atoms with E-state index >= 15 is 0 Å². The molecule has 0 aliphatic carbocycles. The maximum atomic E-state index is 12.6. The van der Waals surface area contributed by atoms with E-state index in [0.29, 0.717) is 24.4 Å². The second-order valence-corrected chi connectivity index (χ2v) is 6.60. The average molecular weight is 339 g/mol. The molecular weight excluding hydrogens is 326 g/mol. The van der Waals surface area contributed by atoms with Crippen LogP contribution < -0.4 is 0 Å². The summed E-state index contributed by atoms with van der Waals surface area (Å²) in [6.07, 6.45) is -1.92. The van der Waals surface area contributed by atoms with E-state index in [-0.39, 0.29) is 23.3 Å². The first-order valence-electron chi connectivity index (χ1n) is 6.48. The van der Waals surface area contributed by atoms with Crippen LogP contribution in [0.3, 0.4) is 0 Å². The first-order valence-corrected chi connectivity index (χ1v) is 7.68. The third-order valence-electron chi connectivity index (χ3n) is 3.81. The van der Waals surface area contributed by atoms with Crippen LogP contribution in [0.15, 0.2) is 0 Å². The van der Waals surface area contributed by atoms with Crippen LogP contribution in [-0.2, 0) is 4.74 Å². The Labute approximate surface area is 128 Å². The number of amides is 1. The van der Waals surface area contributed by atoms with Gasteiger partial charge < -0.3 is 14.7 Å². The zero-order valence-electron chi connectivity index (χ0n) is 10.9. The van der Waals surface area contributed by atoms with Gasteiger partial charge in [-0.1, -0.05) is 11.6 Å². The Kier molecular flexibility index (Phi) is 3.89. The van der Waals surface area contributed by atoms with Gasteiger partial charge in [-0.25, -0.2) is 13.8 Å². The minimum Gasteiger partial charge on any atom is -0.390 e. The summed E-state index contributed by atoms with van der Waals surface area (Å²) in [5.41, 5.74) is -0.708. The van der Waals surface area contributed by atoms with E-state index in [1.165, 1.54) is 4.90 Å². The van der Waals surface area contributed by atoms with E-state index in [4.69, 9.17) is 16.3 Å². The number of thiazole rings is 1. The zero-order chi connectivity index (χ0) is 15.2. The molecule has 0 bridgehead atoms. The first kappa shape index (κ1) is 15.1. The summed E-state index contributed by atoms with van der Waals surface area (Å²) in [4.78, 5) is 16.9. The Bertz CT molecular complexity index is 563. The monoisotopic (exact) mass is 338 g/mol. The number of carbonyl (C=O) groups excluding carboxylic acids is 1. The molecule has 5 nitrogen and oxygen atoms in total. The van der Waals surface area contributed by atoms with Crippen LogP contribution in [0.25, 0.3) is 0 Å². The van der Waals surface area contributed by atoms with Crippen molar-refractivity contribution < 1.29 is 23.4 Å². The van der Waals surface area contributed by atoms with Gasteiger partial charge in [-0.05, 0) is 12.8 Å². The molecule has 1 amide bonds. The topological polar surface area (TPSA) is 62.7 Å². The van der Waals surface area contributed by atoms with Crippen LogP contribution in [0.4, 0.5) is 8.78 Å². The maximum absolute atomic E-state index is 12.6. The van der Waals surface area contributed by atoms with Crippen molar-refractivity contribution in [2.45, 2.75) is 31.0 Å². The van der Waals surface area contributed by atoms with Crippen molar-refractivity contribution in [1.29, 1.82) is 0 Å². The SMILES string of the molecule is O=C(c1nc(Cl)c(C(F)F)s1)N1CC2(C1)OCCCC2O. The molecule has 21 heavy (non-hydrogen) atoms. The largest absolute Gasteiger partial charge is 0.390 e. The van der Waals surface area contributed by atoms with Crippen LogP contribution >= 0.6 is 22.9 Å². The molecule has 1 unspecified atom stereocenters. The van der Waals surface area contributed by atoms with Crippen LogP contribution in [0.1, 0.15) is 33.9 Å². The predicted octanol–water partition coefficient (Wildman–Crippen LogP) is 2.10. The van der Waals surface area contributed by atoms with E-state index in [2.05, 4.69) is 4.98 Å². The van der Waals surface area contributed by atoms with Crippen LogP contribution in [-0.4, -0.2) is 52.3 Å². The van der Waals surface area contributed by atoms with Crippen molar-refractivity contribution >= 4 is 28.8 Å². The molecule has 0 saturated carbocycles. The number of carbonyl (C=O) groups is 1. The normalized spacial score (nSPS) is 24.4. The highest BCUT2D eigenvalue weighted by atomic mass is 35.5. The number of rotatable bonds is 2. The molecule has 1 N–H and O–H groups in total. The molecule has 1 spiro atoms. The van der Waals surface area contributed by atoms with E-state index in [9.17, 15) is 18.7 Å². The summed E-state index contributed by atoms with van der Waals surface area (Å²) < 4.78 is 30.9. The standard InChI is InChI=1S/C12H13ClF2N2O3S/c13-8-7(9(14)15)21-10(16-8)11(19)17-4-12(5-17)6(18)2-1-3-20-12/h6,9,18H,1-5H2. The molecule has 2 saturated heterocycles. The molecule has 2 aliphatic heterocycles. The molecule has 2 fully saturated rings. The maximum Gasteiger partial charge on any atom is 0.283 e. The van der Waals surface area contributed by atoms with Crippen LogP contribution in [0.5, 0.6) is 0 Å². The third-order valence-corrected chi connectivity index (χ3v) is 5.26. The molecule has 1 aromatic heterocycles. The highest BCUT2D eigenvalue weighted by molar-refractivity contribution is 7.14. The van der Waals surface area contributed by atoms with Crippen molar-refractivity contribution in [2.24, 2.45) is 0 Å². The van der Waals surface area contributed by atoms with Gasteiger partial charge in [0.2, 0.25) is 0 Å². The lowest BCUT2D eigenvalue weighted by Gasteiger charge is -2.53. The Morgan fingerprint density at radius 2 is 2.29 bits per heavy atom. The molecule has 1 aromatic rings. The summed E-state index contributed by atoms with van der Waals surface area (Å²) in [6.45, 7) is 1.04. The van der Waals surface area contributed by atoms with Gasteiger partial charge in [0.1, 0.15) is 15.6 Å². The summed E-state index contributed by atoms with van der Waals surface area (Å²) in [5, 5.41) is 9.58. The molecule has 1 atom stereocenters. The molecule has 116 valence electrons. The van der Waals surface area contributed by atoms with Crippen molar-refractivity contribution in [3.63, 3.8) is 0 Å². The lowest BCUT2D eigenvalue weighted by atomic mass is 9.83. The first-order chi connectivity index (χ1) is 9.93. The Balaban J connectivity index is 1.69. The smallest absolute Gasteiger partial charge is 0.283 e. The predicted molar refractivity (Wildman–Crippen MR) is 71.9 cm³/mol. The number of halogens is 3. The summed E-state index contributed by atoms with van der Waals surface area (Å²) >= 11 is 6.20. The van der Waals surface area contributed by atoms with Crippen molar-refractivity contribution in [2.75, 3.05) is 19.7 Å². The van der Waals surface area contributed by atoms with Crippen molar-refractivity contribution in [1.82, 2.24) is 9.88 Å². The van der Waals surface area contributed by atoms with Crippen molar-refractivity contribution in [3.8, 4) is 0 Å². The Hall–Kier alpha value is -0.830. The highest BCUT2D eigenvalue weighted by Crippen LogP contribution is 2.37. The van der Waals surface area contributed by atoms with Gasteiger partial charge in [-0.2, -0.15) is 0 Å². The van der Waals surface area contributed by atoms with Gasteiger partial charge in [0.25, 0.3) is 12.3 Å². The van der Waals surface area contributed by atoms with Gasteiger partial charge in [-0.15, -0.1) is 11.3 Å². The van der Waals surface area contributed by atoms with E-state index in [1.807, 2.05) is 0 Å². The van der Waals surface area contributed by atoms with Gasteiger partial charge in [0.05, 0.1) is 19.2 Å². The van der Waals surface area contributed by atoms with Crippen LogP contribution in [0.2, 0.25) is 5.15 Å². The van der Waals surface area contributed by atoms with Gasteiger partial charge in [-0.3, -0.25) is 4.79 Å². The zero-order valence-corrected chi connectivity index (χ0v) is 12.5. The number of likely N-dealkylation sites (tertiary alicyclic amines) is 1. The highest BCUT2D eigenvalue weighted by Gasteiger charge is 2.53. The number of alkyl halides is 2. The molecule has 0 aromatic carbocycles. The van der Waals surface area contributed by atoms with Gasteiger partial charge in [0, 0.05) is 6.61 Å². The molecule has 3 rings (SSSR count). The summed E-state index contributed by atoms with van der Waals surface area (Å²) in [5.74, 6) is -0.458. The average Bonchev–Trinajstić information content (AvgIpc) is 2.78. The molecule has 3 heterocycles. The van der Waals surface area contributed by atoms with E-state index < -0.39 is 28.9 Å². The fraction of sp³-hybridized carbons (Fsp3) is 0.667. The van der Waals surface area contributed by atoms with E-state index in [0.717, 1.165) is 6.42 Å². The molecule has 2 aliphatic rings. The summed E-state index contributed by atoms with van der Waals surface area (Å²) in [7, 11) is 0. The number of aromatic nitrogens is 1. The minimum atomic E-state index is -2.75. The second kappa shape index (κ2) is 5.42. The molecule has 0 radical (unpaired) electrons. The number of aliphatic hydroxyl groups excluding tert-OH is 1. The van der Waals surface area contributed by atoms with Crippen LogP contribution in [0, 0.1) is 0 Å². The Morgan fingerprint density at radius 3 is 2.86 bits per heavy atom. The lowest BCUT2D eigenvalue weighted by molar-refractivity contribution is -0.209. The fourth-order valence-corrected chi connectivity index (χ4v) is 3.74. The Morgan fingerprint density at radius 1 is 1.57 bits per heavy atom. The summed E-state index contributed by atoms with van der Waals surface area (Å²) in [6, 6.07) is 0. The number of hydrogen-bond donors (Lipinski definition) is 1. The molecule has 9 heteroatoms. The number of aliphatic hydroxyl groups is 1. The second-order valence-electron chi connectivity index (χ2n) is 5.21. The van der Waals surface area contributed by atoms with Gasteiger partial charge >= 0.3 is 0 Å². The fourth-order valence-electron chi connectivity index (χ4n) is 2.63. The quantitative estimate of drug-likeness (QED) is 0.897. The van der Waals surface area contributed by atoms with Crippen molar-refractivity contribution in [3.05, 3.63) is 15.0 Å². The minimum absolute atomic E-state index is 0.0598.